The maximum Gasteiger partial charge on any atom is 0.252 e. The number of rotatable bonds is 2. The Morgan fingerprint density at radius 1 is 1.42 bits per heavy atom. The molecule has 1 fully saturated rings. The van der Waals surface area contributed by atoms with Crippen molar-refractivity contribution in [3.05, 3.63) is 35.1 Å². The molecule has 1 aliphatic rings. The maximum absolute atomic E-state index is 13.1. The second-order valence-electron chi connectivity index (χ2n) is 4.49. The molecule has 0 spiro atoms. The van der Waals surface area contributed by atoms with E-state index in [1.807, 2.05) is 0 Å². The molecule has 1 N–H and O–H groups in total. The quantitative estimate of drug-likeness (QED) is 0.796. The molecule has 1 aliphatic heterocycles. The lowest BCUT2D eigenvalue weighted by Crippen LogP contribution is -2.40. The molecule has 1 saturated heterocycles. The van der Waals surface area contributed by atoms with Gasteiger partial charge in [-0.05, 0) is 30.7 Å². The van der Waals surface area contributed by atoms with Gasteiger partial charge in [0, 0.05) is 12.6 Å². The van der Waals surface area contributed by atoms with Crippen LogP contribution in [0.25, 0.3) is 0 Å². The van der Waals surface area contributed by atoms with Crippen LogP contribution < -0.4 is 5.32 Å². The van der Waals surface area contributed by atoms with Crippen LogP contribution in [0, 0.1) is 12.7 Å². The van der Waals surface area contributed by atoms with E-state index in [2.05, 4.69) is 5.32 Å². The number of halogens is 1. The van der Waals surface area contributed by atoms with Crippen LogP contribution in [-0.2, 0) is 9.59 Å². The number of imide groups is 1. The smallest absolute Gasteiger partial charge is 0.252 e. The molecule has 1 aromatic rings. The van der Waals surface area contributed by atoms with E-state index >= 15 is 0 Å². The van der Waals surface area contributed by atoms with Crippen LogP contribution in [0.1, 0.15) is 22.3 Å². The lowest BCUT2D eigenvalue weighted by molar-refractivity contribution is -0.137. The first-order chi connectivity index (χ1) is 8.90. The molecule has 3 amide bonds. The fourth-order valence-electron chi connectivity index (χ4n) is 1.90. The van der Waals surface area contributed by atoms with Gasteiger partial charge < -0.3 is 5.32 Å². The molecule has 0 bridgehead atoms. The molecular weight excluding hydrogens is 251 g/mol. The molecule has 0 radical (unpaired) electrons. The number of hydrogen-bond acceptors (Lipinski definition) is 3. The number of carbonyl (C=O) groups excluding carboxylic acids is 3. The predicted molar refractivity (Wildman–Crippen MR) is 64.8 cm³/mol. The number of nitrogens with zero attached hydrogens (tertiary/aromatic N) is 1. The summed E-state index contributed by atoms with van der Waals surface area (Å²) in [5.41, 5.74) is 0.604. The van der Waals surface area contributed by atoms with Crippen molar-refractivity contribution in [3.8, 4) is 0 Å². The zero-order valence-electron chi connectivity index (χ0n) is 10.6. The molecule has 0 saturated carbocycles. The number of likely N-dealkylation sites (tertiary alicyclic amines) is 1. The van der Waals surface area contributed by atoms with Gasteiger partial charge in [-0.15, -0.1) is 0 Å². The van der Waals surface area contributed by atoms with Gasteiger partial charge in [-0.3, -0.25) is 19.3 Å². The minimum atomic E-state index is -0.838. The fourth-order valence-corrected chi connectivity index (χ4v) is 1.90. The molecule has 2 rings (SSSR count). The van der Waals surface area contributed by atoms with Gasteiger partial charge in [-0.2, -0.15) is 0 Å². The fraction of sp³-hybridized carbons (Fsp3) is 0.308. The van der Waals surface area contributed by atoms with Crippen molar-refractivity contribution in [1.82, 2.24) is 10.2 Å². The summed E-state index contributed by atoms with van der Waals surface area (Å²) >= 11 is 0. The van der Waals surface area contributed by atoms with E-state index in [0.29, 0.717) is 5.56 Å². The topological polar surface area (TPSA) is 66.5 Å². The molecule has 0 aliphatic carbocycles. The Labute approximate surface area is 109 Å². The van der Waals surface area contributed by atoms with Gasteiger partial charge in [-0.1, -0.05) is 0 Å². The third-order valence-corrected chi connectivity index (χ3v) is 3.11. The summed E-state index contributed by atoms with van der Waals surface area (Å²) in [6.07, 6.45) is -0.0404. The van der Waals surface area contributed by atoms with Crippen LogP contribution in [0.3, 0.4) is 0 Å². The second kappa shape index (κ2) is 4.79. The molecule has 1 unspecified atom stereocenters. The molecule has 19 heavy (non-hydrogen) atoms. The number of nitrogens with one attached hydrogen (secondary N) is 1. The normalized spacial score (nSPS) is 18.9. The van der Waals surface area contributed by atoms with E-state index in [-0.39, 0.29) is 17.9 Å². The third-order valence-electron chi connectivity index (χ3n) is 3.11. The van der Waals surface area contributed by atoms with Crippen molar-refractivity contribution in [2.75, 3.05) is 7.05 Å². The van der Waals surface area contributed by atoms with Crippen molar-refractivity contribution in [2.45, 2.75) is 19.4 Å². The maximum atomic E-state index is 13.1. The number of aryl methyl sites for hydroxylation is 1. The van der Waals surface area contributed by atoms with E-state index < -0.39 is 23.7 Å². The summed E-state index contributed by atoms with van der Waals surface area (Å²) in [5.74, 6) is -1.66. The molecule has 5 nitrogen and oxygen atoms in total. The number of amides is 3. The molecule has 1 atom stereocenters. The SMILES string of the molecule is Cc1cc(C(=O)NC2CC(=O)N(C)C2=O)ccc1F. The van der Waals surface area contributed by atoms with E-state index in [4.69, 9.17) is 0 Å². The monoisotopic (exact) mass is 264 g/mol. The molecule has 1 heterocycles. The van der Waals surface area contributed by atoms with Crippen molar-refractivity contribution in [1.29, 1.82) is 0 Å². The van der Waals surface area contributed by atoms with Crippen LogP contribution in [0.15, 0.2) is 18.2 Å². The highest BCUT2D eigenvalue weighted by atomic mass is 19.1. The van der Waals surface area contributed by atoms with Crippen LogP contribution in [0.5, 0.6) is 0 Å². The van der Waals surface area contributed by atoms with Crippen molar-refractivity contribution in [3.63, 3.8) is 0 Å². The summed E-state index contributed by atoms with van der Waals surface area (Å²) in [4.78, 5) is 35.8. The number of carbonyl (C=O) groups is 3. The van der Waals surface area contributed by atoms with Gasteiger partial charge in [0.2, 0.25) is 5.91 Å². The molecule has 100 valence electrons. The largest absolute Gasteiger partial charge is 0.340 e. The molecule has 0 aromatic heterocycles. The van der Waals surface area contributed by atoms with Crippen molar-refractivity contribution >= 4 is 17.7 Å². The minimum absolute atomic E-state index is 0.0404. The Hall–Kier alpha value is -2.24. The van der Waals surface area contributed by atoms with Gasteiger partial charge in [0.15, 0.2) is 0 Å². The van der Waals surface area contributed by atoms with E-state index in [0.717, 1.165) is 4.90 Å². The minimum Gasteiger partial charge on any atom is -0.340 e. The number of hydrogen-bond donors (Lipinski definition) is 1. The van der Waals surface area contributed by atoms with Crippen molar-refractivity contribution < 1.29 is 18.8 Å². The highest BCUT2D eigenvalue weighted by Crippen LogP contribution is 2.13. The molecule has 6 heteroatoms. The van der Waals surface area contributed by atoms with Gasteiger partial charge >= 0.3 is 0 Å². The van der Waals surface area contributed by atoms with Crippen molar-refractivity contribution in [2.24, 2.45) is 0 Å². The van der Waals surface area contributed by atoms with E-state index in [1.54, 1.807) is 6.92 Å². The van der Waals surface area contributed by atoms with Gasteiger partial charge in [0.1, 0.15) is 11.9 Å². The first-order valence-electron chi connectivity index (χ1n) is 5.77. The highest BCUT2D eigenvalue weighted by Gasteiger charge is 2.37. The number of benzene rings is 1. The Bertz CT molecular complexity index is 571. The van der Waals surface area contributed by atoms with Crippen LogP contribution in [0.2, 0.25) is 0 Å². The predicted octanol–water partition coefficient (Wildman–Crippen LogP) is 0.621. The second-order valence-corrected chi connectivity index (χ2v) is 4.49. The lowest BCUT2D eigenvalue weighted by Gasteiger charge is -2.11. The van der Waals surface area contributed by atoms with Gasteiger partial charge in [-0.25, -0.2) is 4.39 Å². The van der Waals surface area contributed by atoms with Gasteiger partial charge in [0.25, 0.3) is 11.8 Å². The van der Waals surface area contributed by atoms with Gasteiger partial charge in [0.05, 0.1) is 6.42 Å². The Morgan fingerprint density at radius 2 is 2.11 bits per heavy atom. The van der Waals surface area contributed by atoms with E-state index in [1.165, 1.54) is 25.2 Å². The Kier molecular flexibility index (Phi) is 3.33. The Morgan fingerprint density at radius 3 is 2.63 bits per heavy atom. The summed E-state index contributed by atoms with van der Waals surface area (Å²) in [5, 5.41) is 2.48. The number of likely N-dealkylation sites (N-methyl/N-ethyl adjacent to an activating group) is 1. The zero-order valence-corrected chi connectivity index (χ0v) is 10.6. The van der Waals surface area contributed by atoms with E-state index in [9.17, 15) is 18.8 Å². The first kappa shape index (κ1) is 13.2. The molecule has 1 aromatic carbocycles. The molecular formula is C13H13FN2O3. The first-order valence-corrected chi connectivity index (χ1v) is 5.77. The average molecular weight is 264 g/mol. The third kappa shape index (κ3) is 2.47. The van der Waals surface area contributed by atoms with Crippen LogP contribution in [-0.4, -0.2) is 35.7 Å². The average Bonchev–Trinajstić information content (AvgIpc) is 2.60. The Balaban J connectivity index is 2.11. The summed E-state index contributed by atoms with van der Waals surface area (Å²) in [7, 11) is 1.37. The highest BCUT2D eigenvalue weighted by molar-refractivity contribution is 6.08. The lowest BCUT2D eigenvalue weighted by atomic mass is 10.1. The standard InChI is InChI=1S/C13H13FN2O3/c1-7-5-8(3-4-9(7)14)12(18)15-10-6-11(17)16(2)13(10)19/h3-5,10H,6H2,1-2H3,(H,15,18). The summed E-state index contributed by atoms with van der Waals surface area (Å²) < 4.78 is 13.1. The van der Waals surface area contributed by atoms with Crippen LogP contribution in [0.4, 0.5) is 4.39 Å². The summed E-state index contributed by atoms with van der Waals surface area (Å²) in [6, 6.07) is 3.09. The van der Waals surface area contributed by atoms with Crippen LogP contribution >= 0.6 is 0 Å². The zero-order chi connectivity index (χ0) is 14.2. The summed E-state index contributed by atoms with van der Waals surface area (Å²) in [6.45, 7) is 1.55.